The molecule has 1 N–H and O–H groups in total. The smallest absolute Gasteiger partial charge is 0.162 e. The van der Waals surface area contributed by atoms with Crippen molar-refractivity contribution in [2.24, 2.45) is 0 Å². The Morgan fingerprint density at radius 3 is 2.65 bits per heavy atom. The van der Waals surface area contributed by atoms with Gasteiger partial charge >= 0.3 is 0 Å². The van der Waals surface area contributed by atoms with E-state index >= 15 is 0 Å². The molecule has 1 aliphatic heterocycles. The summed E-state index contributed by atoms with van der Waals surface area (Å²) in [6, 6.07) is 0. The number of piperidine rings is 1. The fraction of sp³-hybridized carbons (Fsp3) is 0.750. The normalized spacial score (nSPS) is 20.5. The summed E-state index contributed by atoms with van der Waals surface area (Å²) in [7, 11) is 3.70. The van der Waals surface area contributed by atoms with Gasteiger partial charge in [0.25, 0.3) is 0 Å². The molecule has 17 heavy (non-hydrogen) atoms. The Kier molecular flexibility index (Phi) is 3.40. The van der Waals surface area contributed by atoms with Crippen molar-refractivity contribution in [3.63, 3.8) is 0 Å². The van der Waals surface area contributed by atoms with E-state index in [9.17, 15) is 5.11 Å². The van der Waals surface area contributed by atoms with Crippen LogP contribution in [0, 0.1) is 0 Å². The second kappa shape index (κ2) is 4.66. The Morgan fingerprint density at radius 2 is 2.12 bits per heavy atom. The molecule has 5 heteroatoms. The Hall–Kier alpha value is -1.07. The predicted octanol–water partition coefficient (Wildman–Crippen LogP) is 0.825. The highest BCUT2D eigenvalue weighted by molar-refractivity contribution is 5.31. The summed E-state index contributed by atoms with van der Waals surface area (Å²) in [5.74, 6) is 0.693. The Labute approximate surface area is 102 Å². The molecule has 96 valence electrons. The van der Waals surface area contributed by atoms with Gasteiger partial charge in [0.15, 0.2) is 5.75 Å². The number of methoxy groups -OCH3 is 1. The maximum atomic E-state index is 10.8. The van der Waals surface area contributed by atoms with E-state index in [1.54, 1.807) is 13.3 Å². The van der Waals surface area contributed by atoms with Crippen LogP contribution in [0.1, 0.15) is 25.5 Å². The third kappa shape index (κ3) is 2.17. The van der Waals surface area contributed by atoms with E-state index < -0.39 is 5.60 Å². The number of aliphatic hydroxyl groups is 1. The highest BCUT2D eigenvalue weighted by Gasteiger charge is 2.38. The number of hydrogen-bond acceptors (Lipinski definition) is 4. The van der Waals surface area contributed by atoms with Crippen molar-refractivity contribution in [3.8, 4) is 5.75 Å². The average molecular weight is 239 g/mol. The minimum atomic E-state index is -0.801. The van der Waals surface area contributed by atoms with Gasteiger partial charge in [0.2, 0.25) is 0 Å². The summed E-state index contributed by atoms with van der Waals surface area (Å²) >= 11 is 0. The van der Waals surface area contributed by atoms with Gasteiger partial charge in [0.05, 0.1) is 13.3 Å². The zero-order valence-electron chi connectivity index (χ0n) is 10.8. The lowest BCUT2D eigenvalue weighted by Crippen LogP contribution is -2.42. The first-order chi connectivity index (χ1) is 8.10. The molecular formula is C12H21N3O2. The first kappa shape index (κ1) is 12.4. The van der Waals surface area contributed by atoms with Crippen LogP contribution in [0.5, 0.6) is 5.75 Å². The fourth-order valence-corrected chi connectivity index (χ4v) is 2.45. The molecular weight excluding hydrogens is 218 g/mol. The van der Waals surface area contributed by atoms with Crippen LogP contribution in [0.3, 0.4) is 0 Å². The maximum absolute atomic E-state index is 10.8. The van der Waals surface area contributed by atoms with Crippen molar-refractivity contribution < 1.29 is 9.84 Å². The Balaban J connectivity index is 2.34. The molecule has 1 aromatic heterocycles. The van der Waals surface area contributed by atoms with E-state index in [0.717, 1.165) is 38.2 Å². The van der Waals surface area contributed by atoms with Crippen molar-refractivity contribution in [3.05, 3.63) is 11.9 Å². The summed E-state index contributed by atoms with van der Waals surface area (Å²) in [5, 5.41) is 15.1. The van der Waals surface area contributed by atoms with Crippen LogP contribution in [-0.4, -0.2) is 47.0 Å². The second-order valence-electron chi connectivity index (χ2n) is 4.71. The molecule has 2 rings (SSSR count). The second-order valence-corrected chi connectivity index (χ2v) is 4.71. The van der Waals surface area contributed by atoms with Crippen LogP contribution in [0.15, 0.2) is 6.20 Å². The third-order valence-electron chi connectivity index (χ3n) is 3.58. The van der Waals surface area contributed by atoms with Gasteiger partial charge in [0.1, 0.15) is 11.3 Å². The molecule has 0 unspecified atom stereocenters. The summed E-state index contributed by atoms with van der Waals surface area (Å²) in [5.41, 5.74) is 0.0280. The lowest BCUT2D eigenvalue weighted by Gasteiger charge is -2.37. The number of ether oxygens (including phenoxy) is 1. The zero-order valence-corrected chi connectivity index (χ0v) is 10.8. The van der Waals surface area contributed by atoms with Crippen molar-refractivity contribution in [1.29, 1.82) is 0 Å². The molecule has 1 aliphatic rings. The molecule has 0 saturated carbocycles. The largest absolute Gasteiger partial charge is 0.493 e. The molecule has 0 spiro atoms. The van der Waals surface area contributed by atoms with Gasteiger partial charge in [-0.15, -0.1) is 0 Å². The van der Waals surface area contributed by atoms with Gasteiger partial charge < -0.3 is 14.7 Å². The molecule has 1 aromatic rings. The Morgan fingerprint density at radius 1 is 1.47 bits per heavy atom. The van der Waals surface area contributed by atoms with Crippen LogP contribution < -0.4 is 4.74 Å². The van der Waals surface area contributed by atoms with E-state index in [1.807, 2.05) is 11.6 Å². The number of aryl methyl sites for hydroxylation is 1. The molecule has 0 radical (unpaired) electrons. The minimum absolute atomic E-state index is 0.693. The van der Waals surface area contributed by atoms with Gasteiger partial charge in [-0.1, -0.05) is 0 Å². The molecule has 1 saturated heterocycles. The summed E-state index contributed by atoms with van der Waals surface area (Å²) in [4.78, 5) is 2.23. The SMILES string of the molecule is CCn1ncc(OC)c1C1(O)CCN(C)CC1. The quantitative estimate of drug-likeness (QED) is 0.848. The topological polar surface area (TPSA) is 50.5 Å². The summed E-state index contributed by atoms with van der Waals surface area (Å²) in [6.45, 7) is 4.56. The predicted molar refractivity (Wildman–Crippen MR) is 65.1 cm³/mol. The first-order valence-corrected chi connectivity index (χ1v) is 6.12. The highest BCUT2D eigenvalue weighted by Crippen LogP contribution is 2.37. The van der Waals surface area contributed by atoms with Gasteiger partial charge in [-0.25, -0.2) is 0 Å². The first-order valence-electron chi connectivity index (χ1n) is 6.12. The van der Waals surface area contributed by atoms with Crippen molar-refractivity contribution >= 4 is 0 Å². The molecule has 0 aromatic carbocycles. The lowest BCUT2D eigenvalue weighted by molar-refractivity contribution is -0.0289. The standard InChI is InChI=1S/C12H21N3O2/c1-4-15-11(10(17-3)9-13-15)12(16)5-7-14(2)8-6-12/h9,16H,4-8H2,1-3H3. The Bertz CT molecular complexity index is 360. The van der Waals surface area contributed by atoms with Gasteiger partial charge in [0, 0.05) is 19.6 Å². The van der Waals surface area contributed by atoms with Gasteiger partial charge in [-0.2, -0.15) is 5.10 Å². The van der Waals surface area contributed by atoms with Crippen LogP contribution in [0.4, 0.5) is 0 Å². The van der Waals surface area contributed by atoms with Crippen LogP contribution in [0.25, 0.3) is 0 Å². The van der Waals surface area contributed by atoms with Gasteiger partial charge in [-0.3, -0.25) is 4.68 Å². The van der Waals surface area contributed by atoms with Crippen molar-refractivity contribution in [2.75, 3.05) is 27.2 Å². The van der Waals surface area contributed by atoms with Crippen LogP contribution in [0.2, 0.25) is 0 Å². The van der Waals surface area contributed by atoms with Crippen molar-refractivity contribution in [1.82, 2.24) is 14.7 Å². The van der Waals surface area contributed by atoms with Gasteiger partial charge in [-0.05, 0) is 26.8 Å². The lowest BCUT2D eigenvalue weighted by atomic mass is 9.88. The molecule has 2 heterocycles. The van der Waals surface area contributed by atoms with E-state index in [1.165, 1.54) is 0 Å². The van der Waals surface area contributed by atoms with E-state index in [2.05, 4.69) is 17.0 Å². The molecule has 0 bridgehead atoms. The number of nitrogens with zero attached hydrogens (tertiary/aromatic N) is 3. The maximum Gasteiger partial charge on any atom is 0.162 e. The minimum Gasteiger partial charge on any atom is -0.493 e. The summed E-state index contributed by atoms with van der Waals surface area (Å²) < 4.78 is 7.15. The number of aromatic nitrogens is 2. The van der Waals surface area contributed by atoms with E-state index in [-0.39, 0.29) is 0 Å². The number of hydrogen-bond donors (Lipinski definition) is 1. The molecule has 1 fully saturated rings. The molecule has 0 aliphatic carbocycles. The number of likely N-dealkylation sites (tertiary alicyclic amines) is 1. The summed E-state index contributed by atoms with van der Waals surface area (Å²) in [6.07, 6.45) is 3.15. The zero-order chi connectivity index (χ0) is 12.5. The van der Waals surface area contributed by atoms with E-state index in [0.29, 0.717) is 5.75 Å². The molecule has 0 amide bonds. The van der Waals surface area contributed by atoms with Crippen molar-refractivity contribution in [2.45, 2.75) is 31.9 Å². The average Bonchev–Trinajstić information content (AvgIpc) is 2.77. The molecule has 0 atom stereocenters. The molecule has 5 nitrogen and oxygen atoms in total. The number of rotatable bonds is 3. The fourth-order valence-electron chi connectivity index (χ4n) is 2.45. The highest BCUT2D eigenvalue weighted by atomic mass is 16.5. The monoisotopic (exact) mass is 239 g/mol. The van der Waals surface area contributed by atoms with E-state index in [4.69, 9.17) is 4.74 Å². The third-order valence-corrected chi connectivity index (χ3v) is 3.58. The van der Waals surface area contributed by atoms with Crippen LogP contribution >= 0.6 is 0 Å². The van der Waals surface area contributed by atoms with Crippen LogP contribution in [-0.2, 0) is 12.1 Å².